The molecule has 0 spiro atoms. The average Bonchev–Trinajstić information content (AvgIpc) is 2.78. The van der Waals surface area contributed by atoms with Crippen LogP contribution in [0.3, 0.4) is 0 Å². The van der Waals surface area contributed by atoms with Crippen molar-refractivity contribution < 1.29 is 9.15 Å². The minimum Gasteiger partial charge on any atom is -0.443 e. The largest absolute Gasteiger partial charge is 0.443 e. The van der Waals surface area contributed by atoms with Crippen molar-refractivity contribution >= 4 is 0 Å². The van der Waals surface area contributed by atoms with Crippen molar-refractivity contribution in [2.24, 2.45) is 5.73 Å². The van der Waals surface area contributed by atoms with Gasteiger partial charge in [-0.05, 0) is 19.3 Å². The van der Waals surface area contributed by atoms with Gasteiger partial charge in [0.25, 0.3) is 0 Å². The van der Waals surface area contributed by atoms with Crippen molar-refractivity contribution in [3.05, 3.63) is 17.8 Å². The van der Waals surface area contributed by atoms with Crippen LogP contribution in [0.25, 0.3) is 0 Å². The number of aromatic nitrogens is 1. The van der Waals surface area contributed by atoms with E-state index in [9.17, 15) is 0 Å². The van der Waals surface area contributed by atoms with Crippen LogP contribution in [-0.4, -0.2) is 18.1 Å². The summed E-state index contributed by atoms with van der Waals surface area (Å²) >= 11 is 0. The smallest absolute Gasteiger partial charge is 0.223 e. The molecule has 1 aromatic rings. The number of hydrogen-bond donors (Lipinski definition) is 1. The van der Waals surface area contributed by atoms with E-state index in [0.29, 0.717) is 12.4 Å². The number of oxazole rings is 1. The van der Waals surface area contributed by atoms with E-state index in [0.717, 1.165) is 25.2 Å². The van der Waals surface area contributed by atoms with E-state index < -0.39 is 0 Å². The Morgan fingerprint density at radius 1 is 1.60 bits per heavy atom. The molecule has 4 heteroatoms. The van der Waals surface area contributed by atoms with Crippen LogP contribution in [0.15, 0.2) is 10.6 Å². The molecule has 84 valence electrons. The molecule has 1 saturated heterocycles. The van der Waals surface area contributed by atoms with Gasteiger partial charge in [-0.3, -0.25) is 0 Å². The summed E-state index contributed by atoms with van der Waals surface area (Å²) in [6, 6.07) is 0. The third-order valence-corrected chi connectivity index (χ3v) is 2.84. The van der Waals surface area contributed by atoms with Gasteiger partial charge in [0.1, 0.15) is 11.9 Å². The van der Waals surface area contributed by atoms with Gasteiger partial charge in [0.15, 0.2) is 0 Å². The summed E-state index contributed by atoms with van der Waals surface area (Å²) in [6.45, 7) is 3.43. The van der Waals surface area contributed by atoms with E-state index in [4.69, 9.17) is 14.9 Å². The molecule has 2 heterocycles. The molecule has 2 N–H and O–H groups in total. The number of ether oxygens (including phenoxy) is 1. The molecule has 0 bridgehead atoms. The Bertz CT molecular complexity index is 305. The van der Waals surface area contributed by atoms with Gasteiger partial charge in [0.2, 0.25) is 5.89 Å². The second-order valence-electron chi connectivity index (χ2n) is 4.09. The Morgan fingerprint density at radius 3 is 3.13 bits per heavy atom. The van der Waals surface area contributed by atoms with Crippen molar-refractivity contribution in [2.75, 3.05) is 13.2 Å². The van der Waals surface area contributed by atoms with Crippen LogP contribution < -0.4 is 5.73 Å². The highest BCUT2D eigenvalue weighted by molar-refractivity contribution is 5.02. The highest BCUT2D eigenvalue weighted by atomic mass is 16.5. The molecule has 2 atom stereocenters. The molecule has 0 saturated carbocycles. The maximum absolute atomic E-state index is 5.66. The summed E-state index contributed by atoms with van der Waals surface area (Å²) in [4.78, 5) is 4.26. The number of hydrogen-bond acceptors (Lipinski definition) is 4. The Morgan fingerprint density at radius 2 is 2.47 bits per heavy atom. The van der Waals surface area contributed by atoms with Crippen LogP contribution in [-0.2, 0) is 4.74 Å². The quantitative estimate of drug-likeness (QED) is 0.828. The highest BCUT2D eigenvalue weighted by Gasteiger charge is 2.21. The standard InChI is InChI=1S/C11H18N2O2/c1-8(6-12)10-7-13-11(15-10)9-4-2-3-5-14-9/h7-9H,2-6,12H2,1H3. The SMILES string of the molecule is CC(CN)c1cnc(C2CCCCO2)o1. The molecule has 0 radical (unpaired) electrons. The predicted molar refractivity (Wildman–Crippen MR) is 56.5 cm³/mol. The van der Waals surface area contributed by atoms with Crippen LogP contribution in [0, 0.1) is 0 Å². The number of rotatable bonds is 3. The monoisotopic (exact) mass is 210 g/mol. The lowest BCUT2D eigenvalue weighted by atomic mass is 10.1. The lowest BCUT2D eigenvalue weighted by Gasteiger charge is -2.19. The molecule has 1 fully saturated rings. The fourth-order valence-corrected chi connectivity index (χ4v) is 1.73. The highest BCUT2D eigenvalue weighted by Crippen LogP contribution is 2.28. The van der Waals surface area contributed by atoms with Crippen molar-refractivity contribution in [3.63, 3.8) is 0 Å². The molecule has 15 heavy (non-hydrogen) atoms. The Hall–Kier alpha value is -0.870. The first kappa shape index (κ1) is 10.6. The topological polar surface area (TPSA) is 61.3 Å². The maximum atomic E-state index is 5.66. The van der Waals surface area contributed by atoms with Gasteiger partial charge in [-0.1, -0.05) is 6.92 Å². The molecule has 0 aliphatic carbocycles. The lowest BCUT2D eigenvalue weighted by Crippen LogP contribution is -2.11. The lowest BCUT2D eigenvalue weighted by molar-refractivity contribution is -0.00218. The van der Waals surface area contributed by atoms with E-state index >= 15 is 0 Å². The van der Waals surface area contributed by atoms with E-state index in [2.05, 4.69) is 4.98 Å². The second kappa shape index (κ2) is 4.77. The Balaban J connectivity index is 2.05. The first-order valence-electron chi connectivity index (χ1n) is 5.58. The second-order valence-corrected chi connectivity index (χ2v) is 4.09. The summed E-state index contributed by atoms with van der Waals surface area (Å²) < 4.78 is 11.3. The molecular formula is C11H18N2O2. The Kier molecular flexibility index (Phi) is 3.38. The molecule has 4 nitrogen and oxygen atoms in total. The maximum Gasteiger partial charge on any atom is 0.223 e. The minimum absolute atomic E-state index is 0.0532. The van der Waals surface area contributed by atoms with Gasteiger partial charge in [-0.2, -0.15) is 0 Å². The van der Waals surface area contributed by atoms with Crippen molar-refractivity contribution in [1.82, 2.24) is 4.98 Å². The fourth-order valence-electron chi connectivity index (χ4n) is 1.73. The summed E-state index contributed by atoms with van der Waals surface area (Å²) in [5.74, 6) is 1.81. The van der Waals surface area contributed by atoms with Gasteiger partial charge in [-0.15, -0.1) is 0 Å². The first-order valence-corrected chi connectivity index (χ1v) is 5.58. The van der Waals surface area contributed by atoms with E-state index in [1.165, 1.54) is 6.42 Å². The zero-order valence-electron chi connectivity index (χ0n) is 9.11. The van der Waals surface area contributed by atoms with Crippen LogP contribution in [0.2, 0.25) is 0 Å². The fraction of sp³-hybridized carbons (Fsp3) is 0.727. The predicted octanol–water partition coefficient (Wildman–Crippen LogP) is 1.98. The zero-order valence-corrected chi connectivity index (χ0v) is 9.11. The van der Waals surface area contributed by atoms with Crippen molar-refractivity contribution in [3.8, 4) is 0 Å². The summed E-state index contributed by atoms with van der Waals surface area (Å²) in [7, 11) is 0. The first-order chi connectivity index (χ1) is 7.31. The summed E-state index contributed by atoms with van der Waals surface area (Å²) in [5.41, 5.74) is 5.57. The summed E-state index contributed by atoms with van der Waals surface area (Å²) in [6.07, 6.45) is 5.16. The van der Waals surface area contributed by atoms with Crippen LogP contribution in [0.5, 0.6) is 0 Å². The normalized spacial score (nSPS) is 24.0. The van der Waals surface area contributed by atoms with Crippen LogP contribution in [0.4, 0.5) is 0 Å². The average molecular weight is 210 g/mol. The molecule has 1 aromatic heterocycles. The van der Waals surface area contributed by atoms with E-state index in [-0.39, 0.29) is 12.0 Å². The molecule has 1 aliphatic heterocycles. The third-order valence-electron chi connectivity index (χ3n) is 2.84. The van der Waals surface area contributed by atoms with Gasteiger partial charge in [0, 0.05) is 19.1 Å². The zero-order chi connectivity index (χ0) is 10.7. The molecule has 2 rings (SSSR count). The minimum atomic E-state index is 0.0532. The van der Waals surface area contributed by atoms with Crippen LogP contribution in [0.1, 0.15) is 49.9 Å². The summed E-state index contributed by atoms with van der Waals surface area (Å²) in [5, 5.41) is 0. The molecule has 0 amide bonds. The van der Waals surface area contributed by atoms with E-state index in [1.54, 1.807) is 6.20 Å². The van der Waals surface area contributed by atoms with Gasteiger partial charge in [0.05, 0.1) is 6.20 Å². The molecule has 0 aromatic carbocycles. The Labute approximate surface area is 89.8 Å². The third kappa shape index (κ3) is 2.38. The number of nitrogens with two attached hydrogens (primary N) is 1. The molecule has 2 unspecified atom stereocenters. The van der Waals surface area contributed by atoms with Crippen LogP contribution >= 0.6 is 0 Å². The van der Waals surface area contributed by atoms with Gasteiger partial charge < -0.3 is 14.9 Å². The van der Waals surface area contributed by atoms with Gasteiger partial charge >= 0.3 is 0 Å². The van der Waals surface area contributed by atoms with E-state index in [1.807, 2.05) is 6.92 Å². The van der Waals surface area contributed by atoms with Gasteiger partial charge in [-0.25, -0.2) is 4.98 Å². The van der Waals surface area contributed by atoms with Crippen molar-refractivity contribution in [1.29, 1.82) is 0 Å². The van der Waals surface area contributed by atoms with Crippen molar-refractivity contribution in [2.45, 2.75) is 38.2 Å². The molecule has 1 aliphatic rings. The number of nitrogens with zero attached hydrogens (tertiary/aromatic N) is 1. The molecular weight excluding hydrogens is 192 g/mol.